The molecule has 0 aliphatic rings. The zero-order valence-corrected chi connectivity index (χ0v) is 18.2. The number of hydrogen-bond acceptors (Lipinski definition) is 7. The van der Waals surface area contributed by atoms with Gasteiger partial charge in [-0.05, 0) is 17.9 Å². The van der Waals surface area contributed by atoms with E-state index < -0.39 is 61.1 Å². The highest BCUT2D eigenvalue weighted by Crippen LogP contribution is 2.08. The van der Waals surface area contributed by atoms with Crippen molar-refractivity contribution >= 4 is 23.7 Å². The maximum atomic E-state index is 12.8. The van der Waals surface area contributed by atoms with Crippen LogP contribution in [0.3, 0.4) is 0 Å². The van der Waals surface area contributed by atoms with Crippen LogP contribution in [0.4, 0.5) is 0 Å². The molecule has 0 heterocycles. The smallest absolute Gasteiger partial charge is 0.326 e. The van der Waals surface area contributed by atoms with Crippen LogP contribution in [0.1, 0.15) is 25.8 Å². The molecule has 0 fully saturated rings. The maximum absolute atomic E-state index is 12.8. The minimum absolute atomic E-state index is 0.0339. The molecule has 178 valence electrons. The molecule has 0 saturated heterocycles. The number of benzene rings is 1. The Labute approximate surface area is 186 Å². The van der Waals surface area contributed by atoms with Gasteiger partial charge in [0, 0.05) is 6.42 Å². The Bertz CT molecular complexity index is 773. The standard InChI is InChI=1S/C21H32N4O7/c1-12(2)8-15(23-20(30)17(11-27)25-18(28)14(22)10-26)19(29)24-16(21(31)32)9-13-6-4-3-5-7-13/h3-7,12,14-17,26-27H,8-11,22H2,1-2H3,(H,23,30)(H,24,29)(H,25,28)(H,31,32). The minimum atomic E-state index is -1.40. The first-order valence-electron chi connectivity index (χ1n) is 10.2. The number of hydrogen-bond donors (Lipinski definition) is 7. The summed E-state index contributed by atoms with van der Waals surface area (Å²) in [5.41, 5.74) is 6.10. The number of rotatable bonds is 13. The molecule has 1 rings (SSSR count). The Morgan fingerprint density at radius 3 is 1.88 bits per heavy atom. The third kappa shape index (κ3) is 9.00. The lowest BCUT2D eigenvalue weighted by Crippen LogP contribution is -2.58. The van der Waals surface area contributed by atoms with Crippen LogP contribution in [0.25, 0.3) is 0 Å². The fourth-order valence-corrected chi connectivity index (χ4v) is 2.85. The van der Waals surface area contributed by atoms with Gasteiger partial charge in [-0.1, -0.05) is 44.2 Å². The zero-order chi connectivity index (χ0) is 24.3. The maximum Gasteiger partial charge on any atom is 0.326 e. The van der Waals surface area contributed by atoms with Crippen LogP contribution >= 0.6 is 0 Å². The number of aliphatic carboxylic acids is 1. The number of aliphatic hydroxyl groups is 2. The topological polar surface area (TPSA) is 191 Å². The van der Waals surface area contributed by atoms with Gasteiger partial charge in [-0.2, -0.15) is 0 Å². The van der Waals surface area contributed by atoms with E-state index in [1.165, 1.54) is 0 Å². The van der Waals surface area contributed by atoms with E-state index in [1.54, 1.807) is 30.3 Å². The number of aliphatic hydroxyl groups excluding tert-OH is 2. The van der Waals surface area contributed by atoms with Crippen molar-refractivity contribution in [1.29, 1.82) is 0 Å². The molecule has 11 heteroatoms. The third-order valence-corrected chi connectivity index (χ3v) is 4.59. The Morgan fingerprint density at radius 1 is 0.844 bits per heavy atom. The second-order valence-corrected chi connectivity index (χ2v) is 7.81. The Hall–Kier alpha value is -3.02. The lowest BCUT2D eigenvalue weighted by molar-refractivity contribution is -0.142. The van der Waals surface area contributed by atoms with Gasteiger partial charge in [0.1, 0.15) is 24.2 Å². The van der Waals surface area contributed by atoms with Gasteiger partial charge in [0.2, 0.25) is 17.7 Å². The van der Waals surface area contributed by atoms with Crippen LogP contribution in [0.15, 0.2) is 30.3 Å². The van der Waals surface area contributed by atoms with E-state index in [0.717, 1.165) is 0 Å². The summed E-state index contributed by atoms with van der Waals surface area (Å²) in [4.78, 5) is 48.8. The summed E-state index contributed by atoms with van der Waals surface area (Å²) in [6.45, 7) is 2.22. The van der Waals surface area contributed by atoms with Gasteiger partial charge < -0.3 is 37.0 Å². The minimum Gasteiger partial charge on any atom is -0.480 e. The molecule has 11 nitrogen and oxygen atoms in total. The van der Waals surface area contributed by atoms with E-state index in [4.69, 9.17) is 10.8 Å². The molecule has 4 unspecified atom stereocenters. The van der Waals surface area contributed by atoms with Gasteiger partial charge in [-0.25, -0.2) is 4.79 Å². The third-order valence-electron chi connectivity index (χ3n) is 4.59. The highest BCUT2D eigenvalue weighted by Gasteiger charge is 2.30. The normalized spacial score (nSPS) is 14.7. The highest BCUT2D eigenvalue weighted by molar-refractivity contribution is 5.94. The molecular formula is C21H32N4O7. The van der Waals surface area contributed by atoms with Gasteiger partial charge in [-0.15, -0.1) is 0 Å². The second-order valence-electron chi connectivity index (χ2n) is 7.81. The van der Waals surface area contributed by atoms with Crippen molar-refractivity contribution in [2.45, 2.75) is 50.9 Å². The summed E-state index contributed by atoms with van der Waals surface area (Å²) in [6.07, 6.45) is 0.246. The van der Waals surface area contributed by atoms with E-state index in [9.17, 15) is 29.4 Å². The van der Waals surface area contributed by atoms with E-state index >= 15 is 0 Å². The van der Waals surface area contributed by atoms with Crippen molar-refractivity contribution < 1.29 is 34.5 Å². The van der Waals surface area contributed by atoms with Gasteiger partial charge in [0.15, 0.2) is 0 Å². The van der Waals surface area contributed by atoms with Crippen LogP contribution in [-0.4, -0.2) is 76.4 Å². The summed E-state index contributed by atoms with van der Waals surface area (Å²) >= 11 is 0. The molecule has 0 bridgehead atoms. The molecule has 0 saturated carbocycles. The zero-order valence-electron chi connectivity index (χ0n) is 18.2. The van der Waals surface area contributed by atoms with Crippen LogP contribution in [0.5, 0.6) is 0 Å². The molecule has 4 atom stereocenters. The van der Waals surface area contributed by atoms with E-state index in [1.807, 2.05) is 13.8 Å². The largest absolute Gasteiger partial charge is 0.480 e. The predicted molar refractivity (Wildman–Crippen MR) is 115 cm³/mol. The van der Waals surface area contributed by atoms with Crippen molar-refractivity contribution in [2.24, 2.45) is 11.7 Å². The van der Waals surface area contributed by atoms with Crippen molar-refractivity contribution in [3.8, 4) is 0 Å². The van der Waals surface area contributed by atoms with Crippen LogP contribution in [-0.2, 0) is 25.6 Å². The molecule has 3 amide bonds. The van der Waals surface area contributed by atoms with Gasteiger partial charge in [0.05, 0.1) is 13.2 Å². The number of nitrogens with one attached hydrogen (secondary N) is 3. The number of nitrogens with two attached hydrogens (primary N) is 1. The lowest BCUT2D eigenvalue weighted by atomic mass is 10.0. The van der Waals surface area contributed by atoms with Crippen LogP contribution in [0.2, 0.25) is 0 Å². The second kappa shape index (κ2) is 13.4. The number of carboxylic acid groups (broad SMARTS) is 1. The fraction of sp³-hybridized carbons (Fsp3) is 0.524. The number of carboxylic acids is 1. The Kier molecular flexibility index (Phi) is 11.3. The molecule has 0 spiro atoms. The SMILES string of the molecule is CC(C)CC(NC(=O)C(CO)NC(=O)C(N)CO)C(=O)NC(Cc1ccccc1)C(=O)O. The van der Waals surface area contributed by atoms with Crippen molar-refractivity contribution in [3.63, 3.8) is 0 Å². The van der Waals surface area contributed by atoms with Gasteiger partial charge in [-0.3, -0.25) is 14.4 Å². The first kappa shape index (κ1) is 27.0. The van der Waals surface area contributed by atoms with Gasteiger partial charge >= 0.3 is 5.97 Å². The molecule has 0 radical (unpaired) electrons. The van der Waals surface area contributed by atoms with Crippen LogP contribution in [0, 0.1) is 5.92 Å². The molecule has 0 aliphatic heterocycles. The lowest BCUT2D eigenvalue weighted by Gasteiger charge is -2.25. The number of amides is 3. The van der Waals surface area contributed by atoms with Crippen molar-refractivity contribution in [2.75, 3.05) is 13.2 Å². The highest BCUT2D eigenvalue weighted by atomic mass is 16.4. The van der Waals surface area contributed by atoms with Gasteiger partial charge in [0.25, 0.3) is 0 Å². The molecule has 1 aromatic rings. The summed E-state index contributed by atoms with van der Waals surface area (Å²) in [7, 11) is 0. The van der Waals surface area contributed by atoms with Crippen LogP contribution < -0.4 is 21.7 Å². The molecule has 8 N–H and O–H groups in total. The fourth-order valence-electron chi connectivity index (χ4n) is 2.85. The average molecular weight is 453 g/mol. The first-order valence-corrected chi connectivity index (χ1v) is 10.2. The predicted octanol–water partition coefficient (Wildman–Crippen LogP) is -1.87. The van der Waals surface area contributed by atoms with Crippen molar-refractivity contribution in [1.82, 2.24) is 16.0 Å². The summed E-state index contributed by atoms with van der Waals surface area (Å²) in [6, 6.07) is 3.78. The van der Waals surface area contributed by atoms with E-state index in [2.05, 4.69) is 16.0 Å². The molecule has 32 heavy (non-hydrogen) atoms. The summed E-state index contributed by atoms with van der Waals surface area (Å²) in [5.74, 6) is -3.66. The average Bonchev–Trinajstić information content (AvgIpc) is 2.75. The molecule has 1 aromatic carbocycles. The van der Waals surface area contributed by atoms with E-state index in [0.29, 0.717) is 5.56 Å². The molecule has 0 aliphatic carbocycles. The Morgan fingerprint density at radius 2 is 1.38 bits per heavy atom. The monoisotopic (exact) mass is 452 g/mol. The quantitative estimate of drug-likeness (QED) is 0.181. The van der Waals surface area contributed by atoms with E-state index in [-0.39, 0.29) is 18.8 Å². The van der Waals surface area contributed by atoms with Crippen molar-refractivity contribution in [3.05, 3.63) is 35.9 Å². The molecule has 0 aromatic heterocycles. The first-order chi connectivity index (χ1) is 15.1. The number of carbonyl (C=O) groups excluding carboxylic acids is 3. The summed E-state index contributed by atoms with van der Waals surface area (Å²) in [5, 5.41) is 35.0. The number of carbonyl (C=O) groups is 4. The summed E-state index contributed by atoms with van der Waals surface area (Å²) < 4.78 is 0. The molecular weight excluding hydrogens is 420 g/mol. The Balaban J connectivity index is 2.90.